The number of aromatic nitrogens is 2. The van der Waals surface area contributed by atoms with Crippen molar-refractivity contribution in [3.05, 3.63) is 76.7 Å². The quantitative estimate of drug-likeness (QED) is 0.671. The third kappa shape index (κ3) is 4.30. The Morgan fingerprint density at radius 3 is 2.61 bits per heavy atom. The molecule has 0 aliphatic carbocycles. The number of nitriles is 1. The molecule has 6 heteroatoms. The Hall–Kier alpha value is -2.94. The fraction of sp³-hybridized carbons (Fsp3) is 0.227. The number of ether oxygens (including phenoxy) is 1. The van der Waals surface area contributed by atoms with E-state index in [0.717, 1.165) is 48.9 Å². The van der Waals surface area contributed by atoms with Crippen LogP contribution in [0.3, 0.4) is 0 Å². The van der Waals surface area contributed by atoms with Gasteiger partial charge in [0.05, 0.1) is 30.5 Å². The van der Waals surface area contributed by atoms with Gasteiger partial charge in [-0.1, -0.05) is 23.7 Å². The van der Waals surface area contributed by atoms with Crippen LogP contribution < -0.4 is 4.90 Å². The molecule has 0 radical (unpaired) electrons. The van der Waals surface area contributed by atoms with E-state index < -0.39 is 0 Å². The molecule has 140 valence electrons. The maximum atomic E-state index is 9.15. The van der Waals surface area contributed by atoms with Gasteiger partial charge in [-0.05, 0) is 42.0 Å². The number of rotatable bonds is 4. The molecule has 0 saturated carbocycles. The molecule has 0 unspecified atom stereocenters. The van der Waals surface area contributed by atoms with E-state index in [1.807, 2.05) is 12.1 Å². The summed E-state index contributed by atoms with van der Waals surface area (Å²) in [6.07, 6.45) is 2.38. The van der Waals surface area contributed by atoms with Crippen molar-refractivity contribution < 1.29 is 4.74 Å². The molecule has 1 saturated heterocycles. The summed E-state index contributed by atoms with van der Waals surface area (Å²) in [6, 6.07) is 17.7. The second-order valence-electron chi connectivity index (χ2n) is 6.64. The normalized spacial score (nSPS) is 13.9. The number of morpholine rings is 1. The van der Waals surface area contributed by atoms with Crippen LogP contribution in [-0.2, 0) is 11.2 Å². The molecule has 1 aromatic heterocycles. The van der Waals surface area contributed by atoms with Gasteiger partial charge in [-0.3, -0.25) is 0 Å². The number of anilines is 1. The lowest BCUT2D eigenvalue weighted by atomic mass is 10.1. The molecule has 1 fully saturated rings. The molecule has 0 N–H and O–H groups in total. The highest BCUT2D eigenvalue weighted by atomic mass is 35.5. The van der Waals surface area contributed by atoms with Gasteiger partial charge in [-0.25, -0.2) is 9.97 Å². The summed E-state index contributed by atoms with van der Waals surface area (Å²) in [7, 11) is 0. The maximum absolute atomic E-state index is 9.15. The lowest BCUT2D eigenvalue weighted by molar-refractivity contribution is 0.122. The first-order valence-electron chi connectivity index (χ1n) is 9.16. The van der Waals surface area contributed by atoms with Gasteiger partial charge in [0.25, 0.3) is 0 Å². The minimum absolute atomic E-state index is 0.515. The van der Waals surface area contributed by atoms with Gasteiger partial charge < -0.3 is 9.64 Å². The van der Waals surface area contributed by atoms with E-state index in [-0.39, 0.29) is 0 Å². The Morgan fingerprint density at radius 1 is 1.07 bits per heavy atom. The molecule has 1 aliphatic rings. The van der Waals surface area contributed by atoms with E-state index in [2.05, 4.69) is 45.2 Å². The van der Waals surface area contributed by atoms with Crippen LogP contribution >= 0.6 is 11.6 Å². The minimum atomic E-state index is 0.515. The van der Waals surface area contributed by atoms with E-state index in [9.17, 15) is 0 Å². The molecule has 0 atom stereocenters. The Bertz CT molecular complexity index is 1010. The van der Waals surface area contributed by atoms with Crippen LogP contribution in [0.25, 0.3) is 11.3 Å². The monoisotopic (exact) mass is 390 g/mol. The van der Waals surface area contributed by atoms with Crippen molar-refractivity contribution in [1.29, 1.82) is 5.26 Å². The van der Waals surface area contributed by atoms with Crippen LogP contribution in [0, 0.1) is 11.3 Å². The summed E-state index contributed by atoms with van der Waals surface area (Å²) in [6.45, 7) is 3.41. The van der Waals surface area contributed by atoms with Crippen molar-refractivity contribution in [1.82, 2.24) is 9.97 Å². The molecule has 3 aromatic rings. The molecule has 1 aliphatic heterocycles. The number of nitrogens with zero attached hydrogens (tertiary/aromatic N) is 4. The van der Waals surface area contributed by atoms with Gasteiger partial charge in [0.1, 0.15) is 5.82 Å². The Labute approximate surface area is 169 Å². The average Bonchev–Trinajstić information content (AvgIpc) is 2.74. The fourth-order valence-electron chi connectivity index (χ4n) is 3.28. The first kappa shape index (κ1) is 18.4. The van der Waals surface area contributed by atoms with Crippen molar-refractivity contribution in [3.63, 3.8) is 0 Å². The molecule has 2 aromatic carbocycles. The highest BCUT2D eigenvalue weighted by Crippen LogP contribution is 2.24. The number of benzene rings is 2. The molecule has 0 spiro atoms. The Morgan fingerprint density at radius 2 is 1.86 bits per heavy atom. The summed E-state index contributed by atoms with van der Waals surface area (Å²) in [5.41, 5.74) is 4.45. The SMILES string of the molecule is N#Cc1cc(Cl)cc(-c2ccnc(Cc3ccc(N4CCOCC4)cc3)n2)c1. The summed E-state index contributed by atoms with van der Waals surface area (Å²) in [4.78, 5) is 11.4. The maximum Gasteiger partial charge on any atom is 0.133 e. The lowest BCUT2D eigenvalue weighted by Gasteiger charge is -2.28. The first-order valence-corrected chi connectivity index (χ1v) is 9.54. The topological polar surface area (TPSA) is 62.0 Å². The molecule has 0 bridgehead atoms. The molecular formula is C22H19ClN4O. The second kappa shape index (κ2) is 8.39. The van der Waals surface area contributed by atoms with Crippen molar-refractivity contribution >= 4 is 17.3 Å². The summed E-state index contributed by atoms with van der Waals surface area (Å²) >= 11 is 6.12. The summed E-state index contributed by atoms with van der Waals surface area (Å²) in [5, 5.41) is 9.67. The smallest absolute Gasteiger partial charge is 0.133 e. The van der Waals surface area contributed by atoms with Crippen molar-refractivity contribution in [2.75, 3.05) is 31.2 Å². The van der Waals surface area contributed by atoms with Gasteiger partial charge in [0.15, 0.2) is 0 Å². The molecule has 4 rings (SSSR count). The zero-order chi connectivity index (χ0) is 19.3. The van der Waals surface area contributed by atoms with E-state index in [0.29, 0.717) is 17.0 Å². The fourth-order valence-corrected chi connectivity index (χ4v) is 3.51. The first-order chi connectivity index (χ1) is 13.7. The van der Waals surface area contributed by atoms with Crippen LogP contribution in [0.5, 0.6) is 0 Å². The largest absolute Gasteiger partial charge is 0.378 e. The van der Waals surface area contributed by atoms with E-state index in [1.54, 1.807) is 18.3 Å². The molecule has 2 heterocycles. The predicted molar refractivity (Wildman–Crippen MR) is 109 cm³/mol. The average molecular weight is 391 g/mol. The van der Waals surface area contributed by atoms with E-state index >= 15 is 0 Å². The minimum Gasteiger partial charge on any atom is -0.378 e. The van der Waals surface area contributed by atoms with Crippen molar-refractivity contribution in [2.24, 2.45) is 0 Å². The number of halogens is 1. The Kier molecular flexibility index (Phi) is 5.52. The predicted octanol–water partition coefficient (Wildman–Crippen LogP) is 4.10. The highest BCUT2D eigenvalue weighted by molar-refractivity contribution is 6.31. The zero-order valence-electron chi connectivity index (χ0n) is 15.3. The van der Waals surface area contributed by atoms with Gasteiger partial charge in [0.2, 0.25) is 0 Å². The van der Waals surface area contributed by atoms with Gasteiger partial charge in [-0.2, -0.15) is 5.26 Å². The Balaban J connectivity index is 1.52. The molecule has 28 heavy (non-hydrogen) atoms. The lowest BCUT2D eigenvalue weighted by Crippen LogP contribution is -2.36. The molecular weight excluding hydrogens is 372 g/mol. The third-order valence-electron chi connectivity index (χ3n) is 4.70. The summed E-state index contributed by atoms with van der Waals surface area (Å²) < 4.78 is 5.41. The molecule has 0 amide bonds. The van der Waals surface area contributed by atoms with E-state index in [4.69, 9.17) is 21.6 Å². The standard InChI is InChI=1S/C22H19ClN4O/c23-19-12-17(15-24)11-18(14-19)21-5-6-25-22(26-21)13-16-1-3-20(4-2-16)27-7-9-28-10-8-27/h1-6,11-12,14H,7-10,13H2. The van der Waals surface area contributed by atoms with E-state index in [1.165, 1.54) is 5.69 Å². The van der Waals surface area contributed by atoms with Crippen LogP contribution in [0.1, 0.15) is 17.0 Å². The number of hydrogen-bond acceptors (Lipinski definition) is 5. The van der Waals surface area contributed by atoms with Crippen LogP contribution in [-0.4, -0.2) is 36.3 Å². The number of hydrogen-bond donors (Lipinski definition) is 0. The zero-order valence-corrected chi connectivity index (χ0v) is 16.1. The van der Waals surface area contributed by atoms with Gasteiger partial charge in [-0.15, -0.1) is 0 Å². The summed E-state index contributed by atoms with van der Waals surface area (Å²) in [5.74, 6) is 0.732. The van der Waals surface area contributed by atoms with Gasteiger partial charge in [0, 0.05) is 42.0 Å². The van der Waals surface area contributed by atoms with Crippen LogP contribution in [0.2, 0.25) is 5.02 Å². The third-order valence-corrected chi connectivity index (χ3v) is 4.92. The van der Waals surface area contributed by atoms with Crippen LogP contribution in [0.4, 0.5) is 5.69 Å². The highest BCUT2D eigenvalue weighted by Gasteiger charge is 2.11. The van der Waals surface area contributed by atoms with Crippen molar-refractivity contribution in [2.45, 2.75) is 6.42 Å². The van der Waals surface area contributed by atoms with Gasteiger partial charge >= 0.3 is 0 Å². The molecule has 5 nitrogen and oxygen atoms in total. The second-order valence-corrected chi connectivity index (χ2v) is 7.08. The van der Waals surface area contributed by atoms with Crippen molar-refractivity contribution in [3.8, 4) is 17.3 Å². The van der Waals surface area contributed by atoms with Crippen LogP contribution in [0.15, 0.2) is 54.7 Å².